The van der Waals surface area contributed by atoms with Crippen molar-refractivity contribution in [3.63, 3.8) is 0 Å². The number of carbonyl (C=O) groups is 4. The van der Waals surface area contributed by atoms with E-state index in [1.165, 1.54) is 0 Å². The molecule has 3 atom stereocenters. The van der Waals surface area contributed by atoms with Crippen LogP contribution in [0.2, 0.25) is 0 Å². The molecule has 3 amide bonds. The Bertz CT molecular complexity index is 1010. The molecule has 0 spiro atoms. The number of carbonyl (C=O) groups excluding carboxylic acids is 4. The average Bonchev–Trinajstić information content (AvgIpc) is 2.83. The minimum atomic E-state index is -1.02. The molecule has 10 nitrogen and oxygen atoms in total. The molecule has 0 aliphatic carbocycles. The van der Waals surface area contributed by atoms with E-state index >= 15 is 0 Å². The Labute approximate surface area is 252 Å². The fourth-order valence-corrected chi connectivity index (χ4v) is 4.13. The molecule has 0 unspecified atom stereocenters. The molecule has 1 rings (SSSR count). The monoisotopic (exact) mass is 590 g/mol. The summed E-state index contributed by atoms with van der Waals surface area (Å²) in [6.07, 6.45) is 2.60. The Morgan fingerprint density at radius 1 is 0.810 bits per heavy atom. The maximum Gasteiger partial charge on any atom is 0.329 e. The summed E-state index contributed by atoms with van der Waals surface area (Å²) < 4.78 is 10.8. The minimum Gasteiger partial charge on any atom is -0.460 e. The summed E-state index contributed by atoms with van der Waals surface area (Å²) in [6.45, 7) is 17.1. The lowest BCUT2D eigenvalue weighted by molar-refractivity contribution is -0.158. The van der Waals surface area contributed by atoms with E-state index in [-0.39, 0.29) is 30.2 Å². The predicted molar refractivity (Wildman–Crippen MR) is 165 cm³/mol. The highest BCUT2D eigenvalue weighted by Crippen LogP contribution is 2.23. The van der Waals surface area contributed by atoms with Gasteiger partial charge in [-0.25, -0.2) is 9.59 Å². The van der Waals surface area contributed by atoms with Gasteiger partial charge in [-0.15, -0.1) is 0 Å². The van der Waals surface area contributed by atoms with Crippen LogP contribution in [0.3, 0.4) is 0 Å². The number of rotatable bonds is 14. The van der Waals surface area contributed by atoms with Gasteiger partial charge in [-0.1, -0.05) is 51.1 Å². The lowest BCUT2D eigenvalue weighted by atomic mass is 9.84. The predicted octanol–water partition coefficient (Wildman–Crippen LogP) is 4.39. The van der Waals surface area contributed by atoms with Crippen molar-refractivity contribution in [2.45, 2.75) is 130 Å². The molecule has 0 fully saturated rings. The highest BCUT2D eigenvalue weighted by molar-refractivity contribution is 5.84. The lowest BCUT2D eigenvalue weighted by Crippen LogP contribution is -2.53. The summed E-state index contributed by atoms with van der Waals surface area (Å²) in [5, 5.41) is 8.60. The molecule has 0 aromatic heterocycles. The molecule has 0 radical (unpaired) electrons. The first-order chi connectivity index (χ1) is 19.3. The summed E-state index contributed by atoms with van der Waals surface area (Å²) in [6, 6.07) is 7.28. The number of esters is 2. The second-order valence-corrected chi connectivity index (χ2v) is 13.8. The molecular weight excluding hydrogens is 536 g/mol. The van der Waals surface area contributed by atoms with Crippen LogP contribution in [0.4, 0.5) is 4.79 Å². The number of unbranched alkanes of at least 4 members (excludes halogenated alkanes) is 1. The van der Waals surface area contributed by atoms with Crippen LogP contribution in [-0.2, 0) is 30.3 Å². The van der Waals surface area contributed by atoms with Gasteiger partial charge >= 0.3 is 18.0 Å². The fraction of sp³-hybridized carbons (Fsp3) is 0.688. The van der Waals surface area contributed by atoms with E-state index in [4.69, 9.17) is 15.2 Å². The van der Waals surface area contributed by atoms with Crippen molar-refractivity contribution in [1.82, 2.24) is 16.0 Å². The maximum atomic E-state index is 13.0. The molecule has 0 aliphatic heterocycles. The van der Waals surface area contributed by atoms with Gasteiger partial charge in [0.05, 0.1) is 6.04 Å². The third kappa shape index (κ3) is 16.3. The third-order valence-electron chi connectivity index (χ3n) is 6.26. The van der Waals surface area contributed by atoms with Gasteiger partial charge in [0.25, 0.3) is 0 Å². The number of hydrogen-bond acceptors (Lipinski definition) is 7. The van der Waals surface area contributed by atoms with Crippen molar-refractivity contribution in [3.8, 4) is 0 Å². The molecule has 1 aromatic carbocycles. The molecule has 42 heavy (non-hydrogen) atoms. The van der Waals surface area contributed by atoms with Gasteiger partial charge < -0.3 is 31.2 Å². The molecule has 0 aliphatic rings. The van der Waals surface area contributed by atoms with Crippen LogP contribution in [-0.4, -0.2) is 59.7 Å². The van der Waals surface area contributed by atoms with Crippen molar-refractivity contribution < 1.29 is 28.7 Å². The zero-order chi connectivity index (χ0) is 32.1. The zero-order valence-corrected chi connectivity index (χ0v) is 27.1. The number of nitrogens with two attached hydrogens (primary N) is 1. The fourth-order valence-electron chi connectivity index (χ4n) is 4.13. The van der Waals surface area contributed by atoms with Gasteiger partial charge in [-0.05, 0) is 84.6 Å². The Hall–Kier alpha value is -3.14. The number of ether oxygens (including phenoxy) is 2. The molecule has 0 saturated carbocycles. The third-order valence-corrected chi connectivity index (χ3v) is 6.26. The summed E-state index contributed by atoms with van der Waals surface area (Å²) >= 11 is 0. The van der Waals surface area contributed by atoms with Crippen molar-refractivity contribution >= 4 is 23.9 Å². The highest BCUT2D eigenvalue weighted by Gasteiger charge is 2.31. The number of nitrogens with one attached hydrogen (secondary N) is 3. The van der Waals surface area contributed by atoms with E-state index in [0.717, 1.165) is 18.4 Å². The highest BCUT2D eigenvalue weighted by atomic mass is 16.6. The van der Waals surface area contributed by atoms with Crippen LogP contribution in [0.15, 0.2) is 30.3 Å². The van der Waals surface area contributed by atoms with E-state index in [1.807, 2.05) is 51.1 Å². The van der Waals surface area contributed by atoms with E-state index in [2.05, 4.69) is 16.0 Å². The van der Waals surface area contributed by atoms with Gasteiger partial charge in [0.15, 0.2) is 0 Å². The maximum absolute atomic E-state index is 13.0. The second-order valence-electron chi connectivity index (χ2n) is 13.8. The van der Waals surface area contributed by atoms with Gasteiger partial charge in [-0.2, -0.15) is 0 Å². The van der Waals surface area contributed by atoms with E-state index in [9.17, 15) is 19.2 Å². The molecule has 238 valence electrons. The van der Waals surface area contributed by atoms with Crippen LogP contribution >= 0.6 is 0 Å². The van der Waals surface area contributed by atoms with Crippen LogP contribution in [0.25, 0.3) is 0 Å². The molecule has 5 N–H and O–H groups in total. The molecule has 0 saturated heterocycles. The normalized spacial score (nSPS) is 14.2. The Morgan fingerprint density at radius 3 is 1.95 bits per heavy atom. The lowest BCUT2D eigenvalue weighted by Gasteiger charge is -2.32. The van der Waals surface area contributed by atoms with Gasteiger partial charge in [0, 0.05) is 19.0 Å². The Morgan fingerprint density at radius 2 is 1.40 bits per heavy atom. The Kier molecular flexibility index (Phi) is 14.5. The molecule has 10 heteroatoms. The summed E-state index contributed by atoms with van der Waals surface area (Å²) in [7, 11) is 0. The van der Waals surface area contributed by atoms with Gasteiger partial charge in [-0.3, -0.25) is 9.59 Å². The summed E-state index contributed by atoms with van der Waals surface area (Å²) in [5.74, 6) is -1.27. The van der Waals surface area contributed by atoms with Crippen molar-refractivity contribution in [2.75, 3.05) is 6.54 Å². The van der Waals surface area contributed by atoms with E-state index in [1.54, 1.807) is 41.5 Å². The second kappa shape index (κ2) is 16.5. The number of urea groups is 1. The molecular formula is C32H54N4O6. The largest absolute Gasteiger partial charge is 0.460 e. The average molecular weight is 591 g/mol. The number of amides is 3. The van der Waals surface area contributed by atoms with Crippen molar-refractivity contribution in [1.29, 1.82) is 0 Å². The smallest absolute Gasteiger partial charge is 0.329 e. The summed E-state index contributed by atoms with van der Waals surface area (Å²) in [4.78, 5) is 50.6. The Balaban J connectivity index is 2.66. The first kappa shape index (κ1) is 36.9. The van der Waals surface area contributed by atoms with Crippen molar-refractivity contribution in [3.05, 3.63) is 35.9 Å². The first-order valence-corrected chi connectivity index (χ1v) is 14.9. The molecule has 0 heterocycles. The quantitative estimate of drug-likeness (QED) is 0.185. The standard InChI is InChI=1S/C32H54N4O6/c1-30(2,3)25(17-13-14-20-34-27(38)23(33)21-22-15-11-10-12-16-22)36-29(40)35-24(28(39)42-32(7,8)9)18-19-26(37)41-31(4,5)6/h10-12,15-16,23-25H,13-14,17-21,33H2,1-9H3,(H,34,38)(H2,35,36,40)/t23-,24-,25-/m0/s1. The van der Waals surface area contributed by atoms with Crippen LogP contribution in [0.1, 0.15) is 100.0 Å². The number of hydrogen-bond donors (Lipinski definition) is 4. The van der Waals surface area contributed by atoms with Crippen LogP contribution < -0.4 is 21.7 Å². The first-order valence-electron chi connectivity index (χ1n) is 14.9. The summed E-state index contributed by atoms with van der Waals surface area (Å²) in [5.41, 5.74) is 5.39. The zero-order valence-electron chi connectivity index (χ0n) is 27.1. The van der Waals surface area contributed by atoms with E-state index in [0.29, 0.717) is 19.4 Å². The molecule has 0 bridgehead atoms. The topological polar surface area (TPSA) is 149 Å². The van der Waals surface area contributed by atoms with Gasteiger partial charge in [0.2, 0.25) is 5.91 Å². The minimum absolute atomic E-state index is 0.0452. The SMILES string of the molecule is CC(C)(C)OC(=O)CC[C@H](NC(=O)N[C@@H](CCCCNC(=O)[C@@H](N)Cc1ccccc1)C(C)(C)C)C(=O)OC(C)(C)C. The van der Waals surface area contributed by atoms with Gasteiger partial charge in [0.1, 0.15) is 17.2 Å². The van der Waals surface area contributed by atoms with E-state index < -0.39 is 41.3 Å². The number of benzene rings is 1. The van der Waals surface area contributed by atoms with Crippen LogP contribution in [0, 0.1) is 5.41 Å². The van der Waals surface area contributed by atoms with Crippen LogP contribution in [0.5, 0.6) is 0 Å². The van der Waals surface area contributed by atoms with Crippen molar-refractivity contribution in [2.24, 2.45) is 11.1 Å². The molecule has 1 aromatic rings.